The summed E-state index contributed by atoms with van der Waals surface area (Å²) in [6.07, 6.45) is 1.15. The molecule has 90 valence electrons. The van der Waals surface area contributed by atoms with E-state index in [1.54, 1.807) is 6.92 Å². The van der Waals surface area contributed by atoms with Gasteiger partial charge < -0.3 is 20.3 Å². The molecule has 1 heterocycles. The van der Waals surface area contributed by atoms with Gasteiger partial charge in [-0.3, -0.25) is 0 Å². The predicted octanol–water partition coefficient (Wildman–Crippen LogP) is 0.669. The second-order valence-electron chi connectivity index (χ2n) is 4.59. The van der Waals surface area contributed by atoms with Gasteiger partial charge >= 0.3 is 0 Å². The molecule has 4 unspecified atom stereocenters. The molecule has 1 aliphatic heterocycles. The number of ether oxygens (including phenoxy) is 2. The van der Waals surface area contributed by atoms with Crippen molar-refractivity contribution in [3.63, 3.8) is 0 Å². The first-order valence-corrected chi connectivity index (χ1v) is 5.66. The Hall–Kier alpha value is -0.160. The molecule has 0 aromatic carbocycles. The highest BCUT2D eigenvalue weighted by atomic mass is 16.5. The lowest BCUT2D eigenvalue weighted by molar-refractivity contribution is -0.171. The minimum atomic E-state index is -0.466. The van der Waals surface area contributed by atoms with Crippen LogP contribution < -0.4 is 5.73 Å². The molecule has 15 heavy (non-hydrogen) atoms. The van der Waals surface area contributed by atoms with Crippen molar-refractivity contribution >= 4 is 0 Å². The van der Waals surface area contributed by atoms with Gasteiger partial charge in [0.05, 0.1) is 23.9 Å². The molecule has 4 nitrogen and oxygen atoms in total. The van der Waals surface area contributed by atoms with Gasteiger partial charge in [0.25, 0.3) is 0 Å². The Kier molecular flexibility index (Phi) is 4.52. The number of aliphatic hydroxyl groups is 1. The molecule has 0 aromatic rings. The first-order valence-electron chi connectivity index (χ1n) is 5.66. The van der Waals surface area contributed by atoms with Crippen LogP contribution in [0.2, 0.25) is 0 Å². The molecular weight excluding hydrogens is 194 g/mol. The van der Waals surface area contributed by atoms with Crippen LogP contribution in [0.25, 0.3) is 0 Å². The van der Waals surface area contributed by atoms with E-state index in [0.29, 0.717) is 13.2 Å². The summed E-state index contributed by atoms with van der Waals surface area (Å²) in [4.78, 5) is 0. The van der Waals surface area contributed by atoms with E-state index in [4.69, 9.17) is 15.2 Å². The normalized spacial score (nSPS) is 36.2. The third-order valence-electron chi connectivity index (χ3n) is 3.11. The summed E-state index contributed by atoms with van der Waals surface area (Å²) >= 11 is 0. The van der Waals surface area contributed by atoms with Crippen molar-refractivity contribution in [2.24, 2.45) is 5.73 Å². The van der Waals surface area contributed by atoms with E-state index in [1.807, 2.05) is 13.8 Å². The number of rotatable bonds is 4. The minimum Gasteiger partial charge on any atom is -0.391 e. The summed E-state index contributed by atoms with van der Waals surface area (Å²) in [5.41, 5.74) is 5.48. The lowest BCUT2D eigenvalue weighted by atomic mass is 9.90. The highest BCUT2D eigenvalue weighted by Gasteiger charge is 2.37. The van der Waals surface area contributed by atoms with E-state index in [2.05, 4.69) is 0 Å². The SMILES string of the molecule is CC1CC(CN)(OC(C)C(C)O)CCO1. The standard InChI is InChI=1S/C11H23NO3/c1-8-6-11(7-12,4-5-14-8)15-10(3)9(2)13/h8-10,13H,4-7,12H2,1-3H3. The largest absolute Gasteiger partial charge is 0.391 e. The van der Waals surface area contributed by atoms with Crippen LogP contribution in [0.3, 0.4) is 0 Å². The van der Waals surface area contributed by atoms with Gasteiger partial charge in [-0.2, -0.15) is 0 Å². The summed E-state index contributed by atoms with van der Waals surface area (Å²) in [7, 11) is 0. The Balaban J connectivity index is 2.59. The van der Waals surface area contributed by atoms with E-state index in [-0.39, 0.29) is 17.8 Å². The Morgan fingerprint density at radius 1 is 1.60 bits per heavy atom. The van der Waals surface area contributed by atoms with E-state index in [9.17, 15) is 5.11 Å². The Bertz CT molecular complexity index is 198. The zero-order valence-electron chi connectivity index (χ0n) is 9.90. The fraction of sp³-hybridized carbons (Fsp3) is 1.00. The zero-order chi connectivity index (χ0) is 11.5. The van der Waals surface area contributed by atoms with Gasteiger partial charge in [-0.15, -0.1) is 0 Å². The maximum absolute atomic E-state index is 9.43. The van der Waals surface area contributed by atoms with Crippen molar-refractivity contribution in [3.05, 3.63) is 0 Å². The van der Waals surface area contributed by atoms with Gasteiger partial charge in [0.2, 0.25) is 0 Å². The van der Waals surface area contributed by atoms with E-state index in [0.717, 1.165) is 12.8 Å². The monoisotopic (exact) mass is 217 g/mol. The van der Waals surface area contributed by atoms with Crippen molar-refractivity contribution in [3.8, 4) is 0 Å². The lowest BCUT2D eigenvalue weighted by Crippen LogP contribution is -2.50. The molecule has 4 atom stereocenters. The third kappa shape index (κ3) is 3.41. The maximum Gasteiger partial charge on any atom is 0.0855 e. The second-order valence-corrected chi connectivity index (χ2v) is 4.59. The Morgan fingerprint density at radius 2 is 2.27 bits per heavy atom. The molecule has 0 saturated carbocycles. The summed E-state index contributed by atoms with van der Waals surface area (Å²) in [5.74, 6) is 0. The van der Waals surface area contributed by atoms with Crippen LogP contribution in [0.15, 0.2) is 0 Å². The van der Waals surface area contributed by atoms with Gasteiger partial charge in [0, 0.05) is 26.0 Å². The van der Waals surface area contributed by atoms with Crippen LogP contribution in [0.4, 0.5) is 0 Å². The fourth-order valence-electron chi connectivity index (χ4n) is 1.96. The van der Waals surface area contributed by atoms with Gasteiger partial charge in [-0.1, -0.05) is 0 Å². The highest BCUT2D eigenvalue weighted by molar-refractivity contribution is 4.88. The highest BCUT2D eigenvalue weighted by Crippen LogP contribution is 2.29. The van der Waals surface area contributed by atoms with Crippen molar-refractivity contribution in [1.82, 2.24) is 0 Å². The van der Waals surface area contributed by atoms with Crippen LogP contribution in [0.5, 0.6) is 0 Å². The lowest BCUT2D eigenvalue weighted by Gasteiger charge is -2.41. The molecule has 3 N–H and O–H groups in total. The van der Waals surface area contributed by atoms with Crippen LogP contribution in [-0.2, 0) is 9.47 Å². The van der Waals surface area contributed by atoms with Crippen molar-refractivity contribution in [1.29, 1.82) is 0 Å². The molecular formula is C11H23NO3. The van der Waals surface area contributed by atoms with E-state index in [1.165, 1.54) is 0 Å². The molecule has 0 spiro atoms. The first-order chi connectivity index (χ1) is 6.99. The number of aliphatic hydroxyl groups excluding tert-OH is 1. The Labute approximate surface area is 91.7 Å². The molecule has 0 amide bonds. The molecule has 1 fully saturated rings. The number of hydrogen-bond donors (Lipinski definition) is 2. The molecule has 0 aromatic heterocycles. The van der Waals surface area contributed by atoms with Gasteiger partial charge in [-0.05, 0) is 20.8 Å². The molecule has 1 saturated heterocycles. The fourth-order valence-corrected chi connectivity index (χ4v) is 1.96. The van der Waals surface area contributed by atoms with Gasteiger partial charge in [0.15, 0.2) is 0 Å². The van der Waals surface area contributed by atoms with Gasteiger partial charge in [0.1, 0.15) is 0 Å². The average molecular weight is 217 g/mol. The van der Waals surface area contributed by atoms with E-state index < -0.39 is 6.10 Å². The third-order valence-corrected chi connectivity index (χ3v) is 3.11. The van der Waals surface area contributed by atoms with Crippen LogP contribution in [-0.4, -0.2) is 42.2 Å². The molecule has 1 rings (SSSR count). The molecule has 4 heteroatoms. The summed E-state index contributed by atoms with van der Waals surface area (Å²) in [5, 5.41) is 9.43. The average Bonchev–Trinajstić information content (AvgIpc) is 2.17. The van der Waals surface area contributed by atoms with Crippen LogP contribution in [0.1, 0.15) is 33.6 Å². The molecule has 1 aliphatic rings. The van der Waals surface area contributed by atoms with Crippen molar-refractivity contribution < 1.29 is 14.6 Å². The van der Waals surface area contributed by atoms with Crippen molar-refractivity contribution in [2.45, 2.75) is 57.5 Å². The first kappa shape index (κ1) is 12.9. The predicted molar refractivity (Wildman–Crippen MR) is 58.7 cm³/mol. The van der Waals surface area contributed by atoms with Crippen LogP contribution in [0, 0.1) is 0 Å². The second kappa shape index (κ2) is 5.25. The summed E-state index contributed by atoms with van der Waals surface area (Å²) < 4.78 is 11.4. The topological polar surface area (TPSA) is 64.7 Å². The van der Waals surface area contributed by atoms with Crippen LogP contribution >= 0.6 is 0 Å². The number of nitrogens with two attached hydrogens (primary N) is 1. The summed E-state index contributed by atoms with van der Waals surface area (Å²) in [6.45, 7) is 6.81. The van der Waals surface area contributed by atoms with E-state index >= 15 is 0 Å². The molecule has 0 radical (unpaired) electrons. The maximum atomic E-state index is 9.43. The quantitative estimate of drug-likeness (QED) is 0.726. The molecule has 0 bridgehead atoms. The molecule has 0 aliphatic carbocycles. The van der Waals surface area contributed by atoms with Gasteiger partial charge in [-0.25, -0.2) is 0 Å². The summed E-state index contributed by atoms with van der Waals surface area (Å²) in [6, 6.07) is 0. The number of hydrogen-bond acceptors (Lipinski definition) is 4. The minimum absolute atomic E-state index is 0.182. The Morgan fingerprint density at radius 3 is 2.73 bits per heavy atom. The zero-order valence-corrected chi connectivity index (χ0v) is 9.90. The van der Waals surface area contributed by atoms with Crippen molar-refractivity contribution in [2.75, 3.05) is 13.2 Å². The smallest absolute Gasteiger partial charge is 0.0855 e.